The van der Waals surface area contributed by atoms with E-state index in [1.807, 2.05) is 0 Å². The van der Waals surface area contributed by atoms with Gasteiger partial charge in [0.05, 0.1) is 23.6 Å². The van der Waals surface area contributed by atoms with Gasteiger partial charge in [-0.25, -0.2) is 4.39 Å². The van der Waals surface area contributed by atoms with Crippen LogP contribution in [-0.2, 0) is 4.79 Å². The van der Waals surface area contributed by atoms with Gasteiger partial charge in [-0.3, -0.25) is 19.6 Å². The second kappa shape index (κ2) is 6.51. The van der Waals surface area contributed by atoms with Gasteiger partial charge in [0.1, 0.15) is 11.9 Å². The van der Waals surface area contributed by atoms with Crippen molar-refractivity contribution >= 4 is 17.5 Å². The summed E-state index contributed by atoms with van der Waals surface area (Å²) in [5, 5.41) is 2.65. The van der Waals surface area contributed by atoms with Crippen molar-refractivity contribution < 1.29 is 14.0 Å². The minimum absolute atomic E-state index is 0.0938. The van der Waals surface area contributed by atoms with Gasteiger partial charge in [-0.1, -0.05) is 0 Å². The van der Waals surface area contributed by atoms with Crippen LogP contribution < -0.4 is 10.2 Å². The Kier molecular flexibility index (Phi) is 4.27. The van der Waals surface area contributed by atoms with Crippen molar-refractivity contribution in [2.24, 2.45) is 0 Å². The van der Waals surface area contributed by atoms with E-state index in [4.69, 9.17) is 0 Å². The SMILES string of the molecule is O=C(N[C@H]1CCCN(c2cccnc2)C1=O)c1cncc(F)c1. The molecule has 0 radical (unpaired) electrons. The first-order valence-electron chi connectivity index (χ1n) is 7.28. The van der Waals surface area contributed by atoms with Crippen LogP contribution in [0.5, 0.6) is 0 Å². The van der Waals surface area contributed by atoms with E-state index in [-0.39, 0.29) is 11.5 Å². The van der Waals surface area contributed by atoms with Gasteiger partial charge in [-0.05, 0) is 31.0 Å². The standard InChI is InChI=1S/C16H15FN4O2/c17-12-7-11(8-19-9-12)15(22)20-14-4-2-6-21(16(14)23)13-3-1-5-18-10-13/h1,3,5,7-10,14H,2,4,6H2,(H,20,22)/t14-/m0/s1. The molecule has 118 valence electrons. The average molecular weight is 314 g/mol. The molecule has 0 saturated carbocycles. The molecule has 3 heterocycles. The van der Waals surface area contributed by atoms with Crippen molar-refractivity contribution in [1.29, 1.82) is 0 Å². The van der Waals surface area contributed by atoms with Crippen molar-refractivity contribution in [2.75, 3.05) is 11.4 Å². The van der Waals surface area contributed by atoms with Crippen LogP contribution in [0.15, 0.2) is 43.0 Å². The zero-order chi connectivity index (χ0) is 16.2. The van der Waals surface area contributed by atoms with E-state index in [0.717, 1.165) is 18.7 Å². The molecule has 2 amide bonds. The van der Waals surface area contributed by atoms with Gasteiger partial charge < -0.3 is 10.2 Å². The molecule has 0 aromatic carbocycles. The molecule has 1 aliphatic heterocycles. The summed E-state index contributed by atoms with van der Waals surface area (Å²) in [5.41, 5.74) is 0.792. The van der Waals surface area contributed by atoms with Gasteiger partial charge in [-0.2, -0.15) is 0 Å². The number of aromatic nitrogens is 2. The number of carbonyl (C=O) groups excluding carboxylic acids is 2. The van der Waals surface area contributed by atoms with E-state index in [0.29, 0.717) is 18.7 Å². The molecular formula is C16H15FN4O2. The highest BCUT2D eigenvalue weighted by molar-refractivity contribution is 6.02. The van der Waals surface area contributed by atoms with E-state index in [9.17, 15) is 14.0 Å². The van der Waals surface area contributed by atoms with Gasteiger partial charge in [0.2, 0.25) is 5.91 Å². The predicted octanol–water partition coefficient (Wildman–Crippen LogP) is 1.54. The van der Waals surface area contributed by atoms with E-state index >= 15 is 0 Å². The maximum absolute atomic E-state index is 13.1. The quantitative estimate of drug-likeness (QED) is 0.932. The van der Waals surface area contributed by atoms with Crippen molar-refractivity contribution in [3.63, 3.8) is 0 Å². The summed E-state index contributed by atoms with van der Waals surface area (Å²) in [6.07, 6.45) is 6.83. The highest BCUT2D eigenvalue weighted by Gasteiger charge is 2.31. The van der Waals surface area contributed by atoms with E-state index < -0.39 is 17.8 Å². The lowest BCUT2D eigenvalue weighted by molar-refractivity contribution is -0.121. The molecule has 2 aromatic rings. The Labute approximate surface area is 132 Å². The molecule has 2 aromatic heterocycles. The van der Waals surface area contributed by atoms with Gasteiger partial charge >= 0.3 is 0 Å². The predicted molar refractivity (Wildman–Crippen MR) is 81.3 cm³/mol. The third kappa shape index (κ3) is 3.33. The fraction of sp³-hybridized carbons (Fsp3) is 0.250. The minimum atomic E-state index is -0.639. The van der Waals surface area contributed by atoms with Crippen LogP contribution in [0.1, 0.15) is 23.2 Å². The van der Waals surface area contributed by atoms with Crippen molar-refractivity contribution in [3.05, 3.63) is 54.4 Å². The zero-order valence-electron chi connectivity index (χ0n) is 12.3. The molecule has 0 aliphatic carbocycles. The lowest BCUT2D eigenvalue weighted by Gasteiger charge is -2.32. The maximum Gasteiger partial charge on any atom is 0.253 e. The lowest BCUT2D eigenvalue weighted by atomic mass is 10.0. The zero-order valence-corrected chi connectivity index (χ0v) is 12.3. The van der Waals surface area contributed by atoms with Crippen LogP contribution in [0.25, 0.3) is 0 Å². The number of nitrogens with one attached hydrogen (secondary N) is 1. The van der Waals surface area contributed by atoms with Crippen LogP contribution in [0, 0.1) is 5.82 Å². The number of nitrogens with zero attached hydrogens (tertiary/aromatic N) is 3. The molecule has 0 unspecified atom stereocenters. The summed E-state index contributed by atoms with van der Waals surface area (Å²) < 4.78 is 13.1. The molecule has 1 N–H and O–H groups in total. The largest absolute Gasteiger partial charge is 0.340 e. The molecule has 1 atom stereocenters. The third-order valence-electron chi connectivity index (χ3n) is 3.67. The van der Waals surface area contributed by atoms with Crippen molar-refractivity contribution in [2.45, 2.75) is 18.9 Å². The highest BCUT2D eigenvalue weighted by atomic mass is 19.1. The first-order valence-corrected chi connectivity index (χ1v) is 7.28. The van der Waals surface area contributed by atoms with Crippen LogP contribution in [-0.4, -0.2) is 34.4 Å². The normalized spacial score (nSPS) is 17.9. The Morgan fingerprint density at radius 2 is 2.17 bits per heavy atom. The number of piperidine rings is 1. The fourth-order valence-electron chi connectivity index (χ4n) is 2.56. The Hall–Kier alpha value is -2.83. The van der Waals surface area contributed by atoms with Crippen molar-refractivity contribution in [3.8, 4) is 0 Å². The maximum atomic E-state index is 13.1. The number of pyridine rings is 2. The molecular weight excluding hydrogens is 299 g/mol. The Bertz CT molecular complexity index is 723. The minimum Gasteiger partial charge on any atom is -0.340 e. The van der Waals surface area contributed by atoms with Crippen LogP contribution in [0.2, 0.25) is 0 Å². The number of anilines is 1. The van der Waals surface area contributed by atoms with Gasteiger partial charge in [0.25, 0.3) is 5.91 Å². The molecule has 0 bridgehead atoms. The molecule has 1 aliphatic rings. The van der Waals surface area contributed by atoms with Gasteiger partial charge in [0.15, 0.2) is 0 Å². The highest BCUT2D eigenvalue weighted by Crippen LogP contribution is 2.20. The number of amides is 2. The van der Waals surface area contributed by atoms with E-state index in [1.165, 1.54) is 6.20 Å². The third-order valence-corrected chi connectivity index (χ3v) is 3.67. The molecule has 23 heavy (non-hydrogen) atoms. The number of hydrogen-bond donors (Lipinski definition) is 1. The molecule has 0 spiro atoms. The van der Waals surface area contributed by atoms with E-state index in [1.54, 1.807) is 29.4 Å². The first-order chi connectivity index (χ1) is 11.1. The van der Waals surface area contributed by atoms with Crippen LogP contribution >= 0.6 is 0 Å². The van der Waals surface area contributed by atoms with Gasteiger partial charge in [-0.15, -0.1) is 0 Å². The lowest BCUT2D eigenvalue weighted by Crippen LogP contribution is -2.52. The van der Waals surface area contributed by atoms with Crippen LogP contribution in [0.4, 0.5) is 10.1 Å². The second-order valence-electron chi connectivity index (χ2n) is 5.26. The Balaban J connectivity index is 1.73. The Morgan fingerprint density at radius 1 is 1.30 bits per heavy atom. The summed E-state index contributed by atoms with van der Waals surface area (Å²) in [6.45, 7) is 0.582. The second-order valence-corrected chi connectivity index (χ2v) is 5.26. The smallest absolute Gasteiger partial charge is 0.253 e. The topological polar surface area (TPSA) is 75.2 Å². The molecule has 1 saturated heterocycles. The van der Waals surface area contributed by atoms with Crippen molar-refractivity contribution in [1.82, 2.24) is 15.3 Å². The molecule has 7 heteroatoms. The first kappa shape index (κ1) is 15.1. The van der Waals surface area contributed by atoms with E-state index in [2.05, 4.69) is 15.3 Å². The molecule has 1 fully saturated rings. The Morgan fingerprint density at radius 3 is 2.91 bits per heavy atom. The summed E-state index contributed by atoms with van der Waals surface area (Å²) >= 11 is 0. The number of halogens is 1. The van der Waals surface area contributed by atoms with Crippen LogP contribution in [0.3, 0.4) is 0 Å². The summed E-state index contributed by atoms with van der Waals surface area (Å²) in [5.74, 6) is -1.30. The molecule has 3 rings (SSSR count). The monoisotopic (exact) mass is 314 g/mol. The number of carbonyl (C=O) groups is 2. The summed E-state index contributed by atoms with van der Waals surface area (Å²) in [7, 11) is 0. The van der Waals surface area contributed by atoms with Gasteiger partial charge in [0, 0.05) is 18.9 Å². The summed E-state index contributed by atoms with van der Waals surface area (Å²) in [6, 6.07) is 4.00. The number of hydrogen-bond acceptors (Lipinski definition) is 4. The summed E-state index contributed by atoms with van der Waals surface area (Å²) in [4.78, 5) is 34.0. The molecule has 6 nitrogen and oxygen atoms in total. The fourth-order valence-corrected chi connectivity index (χ4v) is 2.56. The number of rotatable bonds is 3. The average Bonchev–Trinajstić information content (AvgIpc) is 2.57.